The summed E-state index contributed by atoms with van der Waals surface area (Å²) in [5, 5.41) is 17.9. The minimum atomic E-state index is -1.58. The molecule has 0 amide bonds. The number of aliphatic hydroxyl groups is 1. The van der Waals surface area contributed by atoms with Crippen LogP contribution in [0.4, 0.5) is 0 Å². The largest absolute Gasteiger partial charge is 0.480 e. The Morgan fingerprint density at radius 3 is 2.20 bits per heavy atom. The van der Waals surface area contributed by atoms with Gasteiger partial charge in [0, 0.05) is 6.61 Å². The van der Waals surface area contributed by atoms with Crippen LogP contribution in [-0.2, 0) is 14.3 Å². The van der Waals surface area contributed by atoms with E-state index in [0.29, 0.717) is 6.42 Å². The fraction of sp³-hybridized carbons (Fsp3) is 0.800. The molecular weight excluding hydrogens is 200 g/mol. The lowest BCUT2D eigenvalue weighted by Gasteiger charge is -2.25. The highest BCUT2D eigenvalue weighted by molar-refractivity contribution is 5.99. The van der Waals surface area contributed by atoms with Gasteiger partial charge in [-0.15, -0.1) is 0 Å². The molecule has 1 atom stereocenters. The van der Waals surface area contributed by atoms with Crippen LogP contribution in [0, 0.1) is 5.41 Å². The molecule has 0 aliphatic heterocycles. The molecule has 0 saturated carbocycles. The van der Waals surface area contributed by atoms with Gasteiger partial charge in [0.2, 0.25) is 0 Å². The lowest BCUT2D eigenvalue weighted by molar-refractivity contribution is -0.170. The number of rotatable bonds is 7. The van der Waals surface area contributed by atoms with Crippen molar-refractivity contribution in [1.82, 2.24) is 0 Å². The van der Waals surface area contributed by atoms with E-state index in [-0.39, 0.29) is 26.1 Å². The second-order valence-electron chi connectivity index (χ2n) is 3.33. The monoisotopic (exact) mass is 218 g/mol. The van der Waals surface area contributed by atoms with E-state index in [0.717, 1.165) is 0 Å². The average molecular weight is 218 g/mol. The van der Waals surface area contributed by atoms with E-state index >= 15 is 0 Å². The maximum atomic E-state index is 11.6. The Morgan fingerprint density at radius 1 is 1.27 bits per heavy atom. The first-order valence-corrected chi connectivity index (χ1v) is 5.06. The lowest BCUT2D eigenvalue weighted by Crippen LogP contribution is -2.41. The standard InChI is InChI=1S/C10H18O5/c1-3-5-10(6-7-11,8(12)13)9(14)15-4-2/h11H,3-7H2,1-2H3,(H,12,13). The van der Waals surface area contributed by atoms with Gasteiger partial charge in [-0.3, -0.25) is 9.59 Å². The van der Waals surface area contributed by atoms with E-state index in [2.05, 4.69) is 0 Å². The van der Waals surface area contributed by atoms with Crippen LogP contribution in [0.1, 0.15) is 33.1 Å². The third-order valence-electron chi connectivity index (χ3n) is 2.29. The molecule has 0 aromatic rings. The van der Waals surface area contributed by atoms with Crippen LogP contribution < -0.4 is 0 Å². The molecule has 0 aromatic carbocycles. The van der Waals surface area contributed by atoms with Crippen LogP contribution in [0.25, 0.3) is 0 Å². The van der Waals surface area contributed by atoms with Crippen LogP contribution in [0.3, 0.4) is 0 Å². The van der Waals surface area contributed by atoms with Gasteiger partial charge in [-0.1, -0.05) is 13.3 Å². The van der Waals surface area contributed by atoms with Crippen molar-refractivity contribution in [3.05, 3.63) is 0 Å². The number of carboxylic acid groups (broad SMARTS) is 1. The zero-order valence-electron chi connectivity index (χ0n) is 9.15. The molecule has 0 spiro atoms. The van der Waals surface area contributed by atoms with E-state index in [9.17, 15) is 9.59 Å². The molecule has 1 unspecified atom stereocenters. The van der Waals surface area contributed by atoms with Crippen LogP contribution >= 0.6 is 0 Å². The van der Waals surface area contributed by atoms with Crippen LogP contribution in [0.15, 0.2) is 0 Å². The first-order valence-electron chi connectivity index (χ1n) is 5.06. The highest BCUT2D eigenvalue weighted by atomic mass is 16.5. The number of hydrogen-bond donors (Lipinski definition) is 2. The smallest absolute Gasteiger partial charge is 0.323 e. The highest BCUT2D eigenvalue weighted by Gasteiger charge is 2.46. The molecule has 0 rings (SSSR count). The van der Waals surface area contributed by atoms with Crippen molar-refractivity contribution in [1.29, 1.82) is 0 Å². The Morgan fingerprint density at radius 2 is 1.87 bits per heavy atom. The second-order valence-corrected chi connectivity index (χ2v) is 3.33. The van der Waals surface area contributed by atoms with Crippen LogP contribution in [0.2, 0.25) is 0 Å². The first-order chi connectivity index (χ1) is 7.05. The molecule has 5 heteroatoms. The summed E-state index contributed by atoms with van der Waals surface area (Å²) in [5.41, 5.74) is -1.58. The van der Waals surface area contributed by atoms with Gasteiger partial charge in [-0.25, -0.2) is 0 Å². The SMILES string of the molecule is CCCC(CCO)(C(=O)O)C(=O)OCC. The van der Waals surface area contributed by atoms with E-state index in [4.69, 9.17) is 14.9 Å². The Hall–Kier alpha value is -1.10. The molecular formula is C10H18O5. The van der Waals surface area contributed by atoms with Crippen LogP contribution in [-0.4, -0.2) is 35.4 Å². The van der Waals surface area contributed by atoms with Gasteiger partial charge in [0.15, 0.2) is 5.41 Å². The van der Waals surface area contributed by atoms with Crippen molar-refractivity contribution >= 4 is 11.9 Å². The van der Waals surface area contributed by atoms with E-state index in [1.54, 1.807) is 13.8 Å². The van der Waals surface area contributed by atoms with Gasteiger partial charge in [-0.05, 0) is 19.8 Å². The zero-order valence-corrected chi connectivity index (χ0v) is 9.15. The topological polar surface area (TPSA) is 83.8 Å². The van der Waals surface area contributed by atoms with Gasteiger partial charge in [0.05, 0.1) is 6.61 Å². The van der Waals surface area contributed by atoms with Crippen molar-refractivity contribution < 1.29 is 24.5 Å². The molecule has 2 N–H and O–H groups in total. The fourth-order valence-corrected chi connectivity index (χ4v) is 1.52. The normalized spacial score (nSPS) is 14.3. The maximum absolute atomic E-state index is 11.6. The molecule has 0 aromatic heterocycles. The molecule has 0 fully saturated rings. The van der Waals surface area contributed by atoms with Gasteiger partial charge in [0.25, 0.3) is 0 Å². The number of carbonyl (C=O) groups excluding carboxylic acids is 1. The summed E-state index contributed by atoms with van der Waals surface area (Å²) in [7, 11) is 0. The summed E-state index contributed by atoms with van der Waals surface area (Å²) in [6, 6.07) is 0. The molecule has 0 aliphatic carbocycles. The number of carboxylic acids is 1. The Kier molecular flexibility index (Phi) is 5.93. The predicted octanol–water partition coefficient (Wildman–Crippen LogP) is 0.803. The van der Waals surface area contributed by atoms with Gasteiger partial charge in [0.1, 0.15) is 0 Å². The number of esters is 1. The number of hydrogen-bond acceptors (Lipinski definition) is 4. The third kappa shape index (κ3) is 3.20. The third-order valence-corrected chi connectivity index (χ3v) is 2.29. The number of ether oxygens (including phenoxy) is 1. The van der Waals surface area contributed by atoms with E-state index < -0.39 is 17.4 Å². The highest BCUT2D eigenvalue weighted by Crippen LogP contribution is 2.30. The van der Waals surface area contributed by atoms with Gasteiger partial charge in [-0.2, -0.15) is 0 Å². The number of aliphatic hydroxyl groups excluding tert-OH is 1. The second kappa shape index (κ2) is 6.40. The van der Waals surface area contributed by atoms with Gasteiger partial charge < -0.3 is 14.9 Å². The number of aliphatic carboxylic acids is 1. The first kappa shape index (κ1) is 13.9. The van der Waals surface area contributed by atoms with E-state index in [1.165, 1.54) is 0 Å². The zero-order chi connectivity index (χ0) is 11.9. The van der Waals surface area contributed by atoms with E-state index in [1.807, 2.05) is 0 Å². The number of carbonyl (C=O) groups is 2. The molecule has 0 radical (unpaired) electrons. The van der Waals surface area contributed by atoms with Crippen LogP contribution in [0.5, 0.6) is 0 Å². The molecule has 0 heterocycles. The lowest BCUT2D eigenvalue weighted by atomic mass is 9.80. The summed E-state index contributed by atoms with van der Waals surface area (Å²) in [6.45, 7) is 3.21. The van der Waals surface area contributed by atoms with Crippen molar-refractivity contribution in [2.24, 2.45) is 5.41 Å². The molecule has 0 bridgehead atoms. The molecule has 15 heavy (non-hydrogen) atoms. The molecule has 5 nitrogen and oxygen atoms in total. The molecule has 0 saturated heterocycles. The summed E-state index contributed by atoms with van der Waals surface area (Å²) in [4.78, 5) is 22.7. The summed E-state index contributed by atoms with van der Waals surface area (Å²) in [5.74, 6) is -1.98. The summed E-state index contributed by atoms with van der Waals surface area (Å²) in [6.07, 6.45) is 0.627. The maximum Gasteiger partial charge on any atom is 0.323 e. The quantitative estimate of drug-likeness (QED) is 0.488. The van der Waals surface area contributed by atoms with Crippen molar-refractivity contribution in [2.75, 3.05) is 13.2 Å². The Labute approximate surface area is 89.0 Å². The Bertz CT molecular complexity index is 218. The Balaban J connectivity index is 4.92. The fourth-order valence-electron chi connectivity index (χ4n) is 1.52. The average Bonchev–Trinajstić information content (AvgIpc) is 2.17. The summed E-state index contributed by atoms with van der Waals surface area (Å²) >= 11 is 0. The molecule has 0 aliphatic rings. The summed E-state index contributed by atoms with van der Waals surface area (Å²) < 4.78 is 4.74. The van der Waals surface area contributed by atoms with Gasteiger partial charge >= 0.3 is 11.9 Å². The molecule has 88 valence electrons. The van der Waals surface area contributed by atoms with Crippen molar-refractivity contribution in [2.45, 2.75) is 33.1 Å². The minimum Gasteiger partial charge on any atom is -0.480 e. The minimum absolute atomic E-state index is 0.102. The predicted molar refractivity (Wildman–Crippen MR) is 53.3 cm³/mol. The van der Waals surface area contributed by atoms with Crippen molar-refractivity contribution in [3.8, 4) is 0 Å². The van der Waals surface area contributed by atoms with Crippen molar-refractivity contribution in [3.63, 3.8) is 0 Å².